The van der Waals surface area contributed by atoms with E-state index in [-0.39, 0.29) is 11.5 Å². The summed E-state index contributed by atoms with van der Waals surface area (Å²) in [4.78, 5) is 19.0. The smallest absolute Gasteiger partial charge is 0.270 e. The summed E-state index contributed by atoms with van der Waals surface area (Å²) >= 11 is 0. The van der Waals surface area contributed by atoms with Crippen molar-refractivity contribution in [1.29, 1.82) is 5.26 Å². The van der Waals surface area contributed by atoms with E-state index in [1.54, 1.807) is 18.3 Å². The molecule has 0 saturated carbocycles. The van der Waals surface area contributed by atoms with Gasteiger partial charge in [-0.3, -0.25) is 9.78 Å². The number of hydrazone groups is 1. The van der Waals surface area contributed by atoms with Crippen LogP contribution in [0, 0.1) is 18.3 Å². The average Bonchev–Trinajstić information content (AvgIpc) is 2.62. The number of aromatic amines is 1. The van der Waals surface area contributed by atoms with Crippen LogP contribution < -0.4 is 11.0 Å². The molecular formula is C19H15N5O. The van der Waals surface area contributed by atoms with Crippen LogP contribution in [0.1, 0.15) is 16.7 Å². The Balaban J connectivity index is 1.92. The van der Waals surface area contributed by atoms with Gasteiger partial charge in [-0.25, -0.2) is 10.4 Å². The van der Waals surface area contributed by atoms with Crippen molar-refractivity contribution in [2.75, 3.05) is 5.43 Å². The Bertz CT molecular complexity index is 1020. The van der Waals surface area contributed by atoms with Crippen LogP contribution in [0.25, 0.3) is 11.3 Å². The average molecular weight is 329 g/mol. The van der Waals surface area contributed by atoms with E-state index < -0.39 is 5.56 Å². The van der Waals surface area contributed by atoms with Crippen molar-refractivity contribution in [3.05, 3.63) is 81.6 Å². The van der Waals surface area contributed by atoms with Crippen molar-refractivity contribution >= 4 is 12.2 Å². The van der Waals surface area contributed by atoms with Gasteiger partial charge in [0.05, 0.1) is 11.9 Å². The molecule has 0 fully saturated rings. The van der Waals surface area contributed by atoms with Gasteiger partial charge < -0.3 is 0 Å². The molecule has 0 bridgehead atoms. The van der Waals surface area contributed by atoms with Crippen LogP contribution in [0.15, 0.2) is 64.5 Å². The van der Waals surface area contributed by atoms with E-state index in [1.165, 1.54) is 0 Å². The van der Waals surface area contributed by atoms with Gasteiger partial charge in [-0.15, -0.1) is 0 Å². The first-order chi connectivity index (χ1) is 12.2. The number of aromatic nitrogens is 2. The number of nitrogens with zero attached hydrogens (tertiary/aromatic N) is 3. The number of anilines is 1. The summed E-state index contributed by atoms with van der Waals surface area (Å²) in [5, 5.41) is 13.3. The molecule has 0 aliphatic carbocycles. The molecule has 0 atom stereocenters. The van der Waals surface area contributed by atoms with Gasteiger partial charge in [0.2, 0.25) is 5.95 Å². The summed E-state index contributed by atoms with van der Waals surface area (Å²) in [7, 11) is 0. The lowest BCUT2D eigenvalue weighted by Crippen LogP contribution is -2.16. The summed E-state index contributed by atoms with van der Waals surface area (Å²) < 4.78 is 0. The summed E-state index contributed by atoms with van der Waals surface area (Å²) in [6, 6.07) is 18.8. The number of nitrogens with one attached hydrogen (secondary N) is 2. The largest absolute Gasteiger partial charge is 0.290 e. The third-order valence-corrected chi connectivity index (χ3v) is 3.50. The van der Waals surface area contributed by atoms with Crippen LogP contribution in [0.4, 0.5) is 5.95 Å². The van der Waals surface area contributed by atoms with E-state index in [9.17, 15) is 10.1 Å². The molecule has 25 heavy (non-hydrogen) atoms. The third-order valence-electron chi connectivity index (χ3n) is 3.50. The van der Waals surface area contributed by atoms with Crippen LogP contribution in [0.5, 0.6) is 0 Å². The fraction of sp³-hybridized carbons (Fsp3) is 0.0526. The molecule has 0 aliphatic heterocycles. The highest BCUT2D eigenvalue weighted by Crippen LogP contribution is 2.19. The highest BCUT2D eigenvalue weighted by Gasteiger charge is 2.12. The molecule has 1 heterocycles. The van der Waals surface area contributed by atoms with Crippen LogP contribution in [-0.2, 0) is 0 Å². The highest BCUT2D eigenvalue weighted by atomic mass is 16.1. The first-order valence-electron chi connectivity index (χ1n) is 7.63. The summed E-state index contributed by atoms with van der Waals surface area (Å²) in [6.45, 7) is 2.00. The molecule has 122 valence electrons. The Kier molecular flexibility index (Phi) is 4.67. The van der Waals surface area contributed by atoms with Gasteiger partial charge in [-0.05, 0) is 12.5 Å². The molecule has 0 saturated heterocycles. The summed E-state index contributed by atoms with van der Waals surface area (Å²) in [5.41, 5.74) is 5.23. The molecule has 0 spiro atoms. The SMILES string of the molecule is Cc1cccc(C=NNc2nc(-c3ccccc3)c(C#N)c(=O)[nH]2)c1. The van der Waals surface area contributed by atoms with Crippen LogP contribution >= 0.6 is 0 Å². The van der Waals surface area contributed by atoms with E-state index in [4.69, 9.17) is 0 Å². The predicted molar refractivity (Wildman–Crippen MR) is 97.4 cm³/mol. The molecule has 0 unspecified atom stereocenters. The van der Waals surface area contributed by atoms with Crippen molar-refractivity contribution < 1.29 is 0 Å². The second-order valence-corrected chi connectivity index (χ2v) is 5.40. The van der Waals surface area contributed by atoms with E-state index in [0.29, 0.717) is 11.3 Å². The van der Waals surface area contributed by atoms with Crippen LogP contribution in [0.3, 0.4) is 0 Å². The normalized spacial score (nSPS) is 10.6. The van der Waals surface area contributed by atoms with Gasteiger partial charge in [0.1, 0.15) is 11.6 Å². The van der Waals surface area contributed by atoms with Gasteiger partial charge >= 0.3 is 0 Å². The Morgan fingerprint density at radius 2 is 2.00 bits per heavy atom. The second kappa shape index (κ2) is 7.23. The lowest BCUT2D eigenvalue weighted by atomic mass is 10.1. The zero-order valence-corrected chi connectivity index (χ0v) is 13.5. The van der Waals surface area contributed by atoms with Crippen LogP contribution in [0.2, 0.25) is 0 Å². The lowest BCUT2D eigenvalue weighted by Gasteiger charge is -2.05. The van der Waals surface area contributed by atoms with Gasteiger partial charge in [-0.1, -0.05) is 60.2 Å². The first-order valence-corrected chi connectivity index (χ1v) is 7.63. The minimum Gasteiger partial charge on any atom is -0.290 e. The maximum Gasteiger partial charge on any atom is 0.270 e. The maximum atomic E-state index is 12.1. The van der Waals surface area contributed by atoms with Crippen molar-refractivity contribution in [3.8, 4) is 17.3 Å². The topological polar surface area (TPSA) is 93.9 Å². The van der Waals surface area contributed by atoms with E-state index >= 15 is 0 Å². The lowest BCUT2D eigenvalue weighted by molar-refractivity contribution is 1.08. The zero-order valence-electron chi connectivity index (χ0n) is 13.5. The quantitative estimate of drug-likeness (QED) is 0.568. The fourth-order valence-corrected chi connectivity index (χ4v) is 2.35. The number of benzene rings is 2. The molecule has 6 heteroatoms. The van der Waals surface area contributed by atoms with E-state index in [2.05, 4.69) is 20.5 Å². The number of aryl methyl sites for hydroxylation is 1. The Hall–Kier alpha value is -3.72. The Morgan fingerprint density at radius 3 is 2.72 bits per heavy atom. The summed E-state index contributed by atoms with van der Waals surface area (Å²) in [5.74, 6) is 0.173. The highest BCUT2D eigenvalue weighted by molar-refractivity contribution is 5.80. The first kappa shape index (κ1) is 16.1. The minimum absolute atomic E-state index is 0.0283. The minimum atomic E-state index is -0.510. The number of H-pyrrole nitrogens is 1. The number of hydrogen-bond donors (Lipinski definition) is 2. The van der Waals surface area contributed by atoms with Gasteiger partial charge in [-0.2, -0.15) is 10.4 Å². The van der Waals surface area contributed by atoms with Gasteiger partial charge in [0.25, 0.3) is 5.56 Å². The third kappa shape index (κ3) is 3.79. The number of nitriles is 1. The molecular weight excluding hydrogens is 314 g/mol. The standard InChI is InChI=1S/C19H15N5O/c1-13-6-5-7-14(10-13)12-21-24-19-22-17(15-8-3-2-4-9-15)16(11-20)18(25)23-19/h2-10,12H,1H3,(H2,22,23,24,25). The summed E-state index contributed by atoms with van der Waals surface area (Å²) in [6.07, 6.45) is 1.63. The Labute approximate surface area is 144 Å². The number of rotatable bonds is 4. The molecule has 0 radical (unpaired) electrons. The molecule has 0 amide bonds. The fourth-order valence-electron chi connectivity index (χ4n) is 2.35. The van der Waals surface area contributed by atoms with Crippen molar-refractivity contribution in [2.45, 2.75) is 6.92 Å². The molecule has 2 aromatic carbocycles. The predicted octanol–water partition coefficient (Wildman–Crippen LogP) is 3.06. The molecule has 1 aromatic heterocycles. The Morgan fingerprint density at radius 1 is 1.20 bits per heavy atom. The maximum absolute atomic E-state index is 12.1. The zero-order chi connectivity index (χ0) is 17.6. The van der Waals surface area contributed by atoms with Crippen molar-refractivity contribution in [1.82, 2.24) is 9.97 Å². The second-order valence-electron chi connectivity index (χ2n) is 5.40. The van der Waals surface area contributed by atoms with Crippen molar-refractivity contribution in [2.24, 2.45) is 5.10 Å². The number of hydrogen-bond acceptors (Lipinski definition) is 5. The molecule has 6 nitrogen and oxygen atoms in total. The molecule has 0 aliphatic rings. The van der Waals surface area contributed by atoms with E-state index in [0.717, 1.165) is 11.1 Å². The van der Waals surface area contributed by atoms with E-state index in [1.807, 2.05) is 55.5 Å². The molecule has 3 rings (SSSR count). The van der Waals surface area contributed by atoms with Crippen molar-refractivity contribution in [3.63, 3.8) is 0 Å². The van der Waals surface area contributed by atoms with Gasteiger partial charge in [0.15, 0.2) is 0 Å². The van der Waals surface area contributed by atoms with Crippen LogP contribution in [-0.4, -0.2) is 16.2 Å². The molecule has 3 aromatic rings. The van der Waals surface area contributed by atoms with Gasteiger partial charge in [0, 0.05) is 5.56 Å². The monoisotopic (exact) mass is 329 g/mol. The molecule has 2 N–H and O–H groups in total.